The van der Waals surface area contributed by atoms with Crippen molar-refractivity contribution < 1.29 is 4.79 Å². The van der Waals surface area contributed by atoms with Gasteiger partial charge in [0.15, 0.2) is 5.96 Å². The zero-order chi connectivity index (χ0) is 20.3. The van der Waals surface area contributed by atoms with Crippen molar-refractivity contribution in [1.29, 1.82) is 0 Å². The maximum Gasteiger partial charge on any atom is 0.246 e. The lowest BCUT2D eigenvalue weighted by Crippen LogP contribution is -2.55. The van der Waals surface area contributed by atoms with Crippen molar-refractivity contribution >= 4 is 28.9 Å². The summed E-state index contributed by atoms with van der Waals surface area (Å²) in [5.41, 5.74) is 2.05. The second-order valence-electron chi connectivity index (χ2n) is 7.94. The molecule has 1 fully saturated rings. The molecular weight excluding hydrogens is 374 g/mol. The molecule has 28 heavy (non-hydrogen) atoms. The van der Waals surface area contributed by atoms with Gasteiger partial charge < -0.3 is 15.1 Å². The van der Waals surface area contributed by atoms with Crippen molar-refractivity contribution in [2.24, 2.45) is 12.0 Å². The normalized spacial score (nSPS) is 16.0. The minimum absolute atomic E-state index is 0.0527. The van der Waals surface area contributed by atoms with Gasteiger partial charge in [0, 0.05) is 57.1 Å². The number of nitrogens with zero attached hydrogens (tertiary/aromatic N) is 6. The lowest BCUT2D eigenvalue weighted by atomic mass is 9.93. The summed E-state index contributed by atoms with van der Waals surface area (Å²) in [6, 6.07) is 0. The van der Waals surface area contributed by atoms with Crippen LogP contribution in [0.5, 0.6) is 0 Å². The monoisotopic (exact) mass is 403 g/mol. The summed E-state index contributed by atoms with van der Waals surface area (Å²) in [7, 11) is 3.60. The van der Waals surface area contributed by atoms with E-state index >= 15 is 0 Å². The Morgan fingerprint density at radius 3 is 2.71 bits per heavy atom. The standard InChI is InChI=1S/C19H29N7OS/c1-19(2,3)15-13-28-16(23-15)6-7-21-18(20-4)25-8-9-26(17(27)12-25)14-10-22-24(5)11-14/h10-11,13H,6-9,12H2,1-5H3,(H,20,21). The highest BCUT2D eigenvalue weighted by molar-refractivity contribution is 7.09. The molecule has 0 radical (unpaired) electrons. The maximum atomic E-state index is 12.6. The topological polar surface area (TPSA) is 78.7 Å². The highest BCUT2D eigenvalue weighted by Crippen LogP contribution is 2.24. The van der Waals surface area contributed by atoms with Crippen molar-refractivity contribution in [2.45, 2.75) is 32.6 Å². The van der Waals surface area contributed by atoms with Crippen LogP contribution in [0.1, 0.15) is 31.5 Å². The highest BCUT2D eigenvalue weighted by Gasteiger charge is 2.27. The number of hydrogen-bond donors (Lipinski definition) is 1. The van der Waals surface area contributed by atoms with Crippen LogP contribution >= 0.6 is 11.3 Å². The molecule has 0 atom stereocenters. The molecule has 0 spiro atoms. The molecule has 1 saturated heterocycles. The van der Waals surface area contributed by atoms with Gasteiger partial charge in [-0.15, -0.1) is 11.3 Å². The Balaban J connectivity index is 1.52. The zero-order valence-corrected chi connectivity index (χ0v) is 18.1. The summed E-state index contributed by atoms with van der Waals surface area (Å²) in [5.74, 6) is 0.809. The number of aromatic nitrogens is 3. The average molecular weight is 404 g/mol. The Bertz CT molecular complexity index is 849. The Hall–Kier alpha value is -2.42. The molecule has 3 heterocycles. The summed E-state index contributed by atoms with van der Waals surface area (Å²) in [5, 5.41) is 10.8. The first kappa shape index (κ1) is 20.3. The van der Waals surface area contributed by atoms with Gasteiger partial charge in [0.2, 0.25) is 5.91 Å². The fourth-order valence-corrected chi connectivity index (χ4v) is 4.08. The number of hydrogen-bond acceptors (Lipinski definition) is 5. The molecule has 1 N–H and O–H groups in total. The number of guanidine groups is 1. The smallest absolute Gasteiger partial charge is 0.246 e. The van der Waals surface area contributed by atoms with Crippen LogP contribution in [0.15, 0.2) is 22.8 Å². The van der Waals surface area contributed by atoms with E-state index in [1.807, 2.05) is 18.1 Å². The van der Waals surface area contributed by atoms with Gasteiger partial charge in [0.05, 0.1) is 22.6 Å². The number of aryl methyl sites for hydroxylation is 1. The summed E-state index contributed by atoms with van der Waals surface area (Å²) in [4.78, 5) is 25.4. The van der Waals surface area contributed by atoms with E-state index in [1.54, 1.807) is 34.2 Å². The molecular formula is C19H29N7OS. The summed E-state index contributed by atoms with van der Waals surface area (Å²) >= 11 is 1.70. The van der Waals surface area contributed by atoms with E-state index in [0.717, 1.165) is 41.9 Å². The Morgan fingerprint density at radius 2 is 2.14 bits per heavy atom. The average Bonchev–Trinajstić information content (AvgIpc) is 3.27. The van der Waals surface area contributed by atoms with Gasteiger partial charge in [-0.25, -0.2) is 4.98 Å². The number of anilines is 1. The molecule has 8 nitrogen and oxygen atoms in total. The molecule has 1 aliphatic heterocycles. The molecule has 9 heteroatoms. The van der Waals surface area contributed by atoms with Gasteiger partial charge in [-0.05, 0) is 0 Å². The van der Waals surface area contributed by atoms with Crippen molar-refractivity contribution in [3.05, 3.63) is 28.5 Å². The Kier molecular flexibility index (Phi) is 6.02. The highest BCUT2D eigenvalue weighted by atomic mass is 32.1. The molecule has 152 valence electrons. The molecule has 3 rings (SSSR count). The number of piperazine rings is 1. The molecule has 0 unspecified atom stereocenters. The minimum atomic E-state index is 0.0527. The van der Waals surface area contributed by atoms with E-state index in [4.69, 9.17) is 4.98 Å². The van der Waals surface area contributed by atoms with E-state index in [0.29, 0.717) is 13.1 Å². The van der Waals surface area contributed by atoms with E-state index in [2.05, 4.69) is 41.6 Å². The quantitative estimate of drug-likeness (QED) is 0.620. The van der Waals surface area contributed by atoms with Gasteiger partial charge >= 0.3 is 0 Å². The Labute approximate surface area is 170 Å². The molecule has 0 saturated carbocycles. The Morgan fingerprint density at radius 1 is 1.36 bits per heavy atom. The SMILES string of the molecule is CN=C(NCCc1nc(C(C)(C)C)cs1)N1CCN(c2cnn(C)c2)C(=O)C1. The first-order valence-corrected chi connectivity index (χ1v) is 10.4. The van der Waals surface area contributed by atoms with Crippen LogP contribution in [0.4, 0.5) is 5.69 Å². The number of carbonyl (C=O) groups excluding carboxylic acids is 1. The van der Waals surface area contributed by atoms with Crippen LogP contribution in [-0.2, 0) is 23.7 Å². The summed E-state index contributed by atoms with van der Waals surface area (Å²) in [6.07, 6.45) is 4.42. The van der Waals surface area contributed by atoms with Crippen molar-refractivity contribution in [3.8, 4) is 0 Å². The lowest BCUT2D eigenvalue weighted by molar-refractivity contribution is -0.120. The minimum Gasteiger partial charge on any atom is -0.356 e. The first-order valence-electron chi connectivity index (χ1n) is 9.47. The number of rotatable bonds is 4. The molecule has 0 aromatic carbocycles. The second-order valence-corrected chi connectivity index (χ2v) is 8.88. The van der Waals surface area contributed by atoms with Gasteiger partial charge in [0.25, 0.3) is 0 Å². The number of carbonyl (C=O) groups is 1. The van der Waals surface area contributed by atoms with E-state index in [-0.39, 0.29) is 11.3 Å². The van der Waals surface area contributed by atoms with Crippen LogP contribution in [0, 0.1) is 0 Å². The van der Waals surface area contributed by atoms with E-state index in [1.165, 1.54) is 0 Å². The molecule has 2 aromatic rings. The lowest BCUT2D eigenvalue weighted by Gasteiger charge is -2.35. The second kappa shape index (κ2) is 8.30. The van der Waals surface area contributed by atoms with Gasteiger partial charge in [-0.3, -0.25) is 14.5 Å². The van der Waals surface area contributed by atoms with E-state index in [9.17, 15) is 4.79 Å². The fourth-order valence-electron chi connectivity index (χ4n) is 3.06. The van der Waals surface area contributed by atoms with Crippen molar-refractivity contribution in [1.82, 2.24) is 25.0 Å². The van der Waals surface area contributed by atoms with Gasteiger partial charge in [0.1, 0.15) is 6.54 Å². The number of nitrogens with one attached hydrogen (secondary N) is 1. The van der Waals surface area contributed by atoms with Crippen LogP contribution in [0.2, 0.25) is 0 Å². The molecule has 2 aromatic heterocycles. The van der Waals surface area contributed by atoms with E-state index < -0.39 is 0 Å². The molecule has 1 amide bonds. The van der Waals surface area contributed by atoms with Crippen LogP contribution in [-0.4, -0.2) is 64.8 Å². The van der Waals surface area contributed by atoms with Gasteiger partial charge in [-0.1, -0.05) is 20.8 Å². The number of amides is 1. The number of aliphatic imine (C=N–C) groups is 1. The summed E-state index contributed by atoms with van der Waals surface area (Å²) in [6.45, 7) is 8.91. The van der Waals surface area contributed by atoms with Crippen LogP contribution < -0.4 is 10.2 Å². The van der Waals surface area contributed by atoms with Crippen LogP contribution in [0.25, 0.3) is 0 Å². The third-order valence-corrected chi connectivity index (χ3v) is 5.59. The van der Waals surface area contributed by atoms with Crippen LogP contribution in [0.3, 0.4) is 0 Å². The molecule has 0 bridgehead atoms. The molecule has 1 aliphatic rings. The van der Waals surface area contributed by atoms with Crippen molar-refractivity contribution in [3.63, 3.8) is 0 Å². The molecule has 0 aliphatic carbocycles. The largest absolute Gasteiger partial charge is 0.356 e. The van der Waals surface area contributed by atoms with Crippen molar-refractivity contribution in [2.75, 3.05) is 38.1 Å². The fraction of sp³-hybridized carbons (Fsp3) is 0.579. The summed E-state index contributed by atoms with van der Waals surface area (Å²) < 4.78 is 1.71. The van der Waals surface area contributed by atoms with Gasteiger partial charge in [-0.2, -0.15) is 5.10 Å². The third kappa shape index (κ3) is 4.70. The first-order chi connectivity index (χ1) is 13.3. The third-order valence-electron chi connectivity index (χ3n) is 4.68. The predicted molar refractivity (Wildman–Crippen MR) is 113 cm³/mol. The maximum absolute atomic E-state index is 12.6. The predicted octanol–water partition coefficient (Wildman–Crippen LogP) is 1.64. The number of thiazole rings is 1. The zero-order valence-electron chi connectivity index (χ0n) is 17.3.